The summed E-state index contributed by atoms with van der Waals surface area (Å²) in [6.45, 7) is 0.0969. The topological polar surface area (TPSA) is 57.6 Å². The summed E-state index contributed by atoms with van der Waals surface area (Å²) < 4.78 is 39.9. The summed E-state index contributed by atoms with van der Waals surface area (Å²) in [5, 5.41) is 8.59. The van der Waals surface area contributed by atoms with E-state index in [1.807, 2.05) is 0 Å². The van der Waals surface area contributed by atoms with Crippen molar-refractivity contribution >= 4 is 10.0 Å². The molecule has 0 bridgehead atoms. The van der Waals surface area contributed by atoms with Gasteiger partial charge in [-0.3, -0.25) is 0 Å². The Morgan fingerprint density at radius 3 is 2.67 bits per heavy atom. The molecule has 4 nitrogen and oxygen atoms in total. The normalized spacial score (nSPS) is 15.4. The molecule has 1 saturated carbocycles. The number of aliphatic hydroxyl groups excluding tert-OH is 1. The van der Waals surface area contributed by atoms with Crippen LogP contribution in [0.2, 0.25) is 0 Å². The molecule has 2 rings (SSSR count). The zero-order valence-electron chi connectivity index (χ0n) is 11.8. The first-order chi connectivity index (χ1) is 9.95. The first-order valence-electron chi connectivity index (χ1n) is 6.81. The van der Waals surface area contributed by atoms with Gasteiger partial charge in [-0.25, -0.2) is 17.1 Å². The second-order valence-electron chi connectivity index (χ2n) is 5.18. The lowest BCUT2D eigenvalue weighted by atomic mass is 9.86. The number of sulfonamides is 1. The predicted molar refractivity (Wildman–Crippen MR) is 77.5 cm³/mol. The number of benzene rings is 1. The zero-order chi connectivity index (χ0) is 15.5. The van der Waals surface area contributed by atoms with E-state index in [0.29, 0.717) is 12.5 Å². The van der Waals surface area contributed by atoms with E-state index < -0.39 is 15.8 Å². The van der Waals surface area contributed by atoms with Crippen molar-refractivity contribution in [3.63, 3.8) is 0 Å². The molecule has 1 fully saturated rings. The molecule has 1 aromatic carbocycles. The Morgan fingerprint density at radius 2 is 2.14 bits per heavy atom. The van der Waals surface area contributed by atoms with Crippen LogP contribution < -0.4 is 0 Å². The van der Waals surface area contributed by atoms with E-state index in [1.54, 1.807) is 0 Å². The second kappa shape index (κ2) is 6.56. The molecule has 1 aliphatic carbocycles. The van der Waals surface area contributed by atoms with Crippen molar-refractivity contribution < 1.29 is 17.9 Å². The summed E-state index contributed by atoms with van der Waals surface area (Å²) in [4.78, 5) is -0.0728. The minimum absolute atomic E-state index is 0.0728. The molecule has 0 atom stereocenters. The SMILES string of the molecule is CN(CC1CCC1)S(=O)(=O)c1ccc(C#CCO)c(F)c1. The molecule has 0 aromatic heterocycles. The minimum Gasteiger partial charge on any atom is -0.384 e. The average molecular weight is 311 g/mol. The highest BCUT2D eigenvalue weighted by molar-refractivity contribution is 7.89. The Bertz CT molecular complexity index is 672. The summed E-state index contributed by atoms with van der Waals surface area (Å²) in [6, 6.07) is 3.65. The highest BCUT2D eigenvalue weighted by Crippen LogP contribution is 2.28. The molecule has 1 aromatic rings. The fourth-order valence-corrected chi connectivity index (χ4v) is 3.47. The molecule has 0 unspecified atom stereocenters. The van der Waals surface area contributed by atoms with Gasteiger partial charge in [-0.15, -0.1) is 0 Å². The molecule has 6 heteroatoms. The van der Waals surface area contributed by atoms with Gasteiger partial charge in [0.15, 0.2) is 0 Å². The molecular weight excluding hydrogens is 293 g/mol. The van der Waals surface area contributed by atoms with Crippen molar-refractivity contribution in [3.8, 4) is 11.8 Å². The van der Waals surface area contributed by atoms with E-state index in [0.717, 1.165) is 25.3 Å². The quantitative estimate of drug-likeness (QED) is 0.859. The molecule has 0 saturated heterocycles. The molecule has 21 heavy (non-hydrogen) atoms. The van der Waals surface area contributed by atoms with Crippen LogP contribution in [0.4, 0.5) is 4.39 Å². The van der Waals surface area contributed by atoms with Crippen LogP contribution in [0.25, 0.3) is 0 Å². The van der Waals surface area contributed by atoms with Crippen LogP contribution in [0, 0.1) is 23.6 Å². The average Bonchev–Trinajstić information content (AvgIpc) is 2.41. The van der Waals surface area contributed by atoms with Crippen LogP contribution >= 0.6 is 0 Å². The molecule has 114 valence electrons. The molecule has 0 heterocycles. The van der Waals surface area contributed by atoms with Crippen molar-refractivity contribution in [1.82, 2.24) is 4.31 Å². The lowest BCUT2D eigenvalue weighted by molar-refractivity contribution is 0.263. The van der Waals surface area contributed by atoms with Gasteiger partial charge in [-0.2, -0.15) is 0 Å². The highest BCUT2D eigenvalue weighted by Gasteiger charge is 2.27. The standard InChI is InChI=1S/C15H18FNO3S/c1-17(11-12-4-2-5-12)21(19,20)14-8-7-13(6-3-9-18)15(16)10-14/h7-8,10,12,18H,2,4-5,9,11H2,1H3. The van der Waals surface area contributed by atoms with Crippen LogP contribution in [0.1, 0.15) is 24.8 Å². The third-order valence-electron chi connectivity index (χ3n) is 3.69. The molecule has 1 N–H and O–H groups in total. The zero-order valence-corrected chi connectivity index (χ0v) is 12.7. The summed E-state index contributed by atoms with van der Waals surface area (Å²) in [5.41, 5.74) is 0.0737. The summed E-state index contributed by atoms with van der Waals surface area (Å²) >= 11 is 0. The Labute approximate surface area is 124 Å². The number of hydrogen-bond donors (Lipinski definition) is 1. The summed E-state index contributed by atoms with van der Waals surface area (Å²) in [5.74, 6) is 4.48. The van der Waals surface area contributed by atoms with Gasteiger partial charge < -0.3 is 5.11 Å². The molecular formula is C15H18FNO3S. The first kappa shape index (κ1) is 16.0. The lowest BCUT2D eigenvalue weighted by Gasteiger charge is -2.29. The Balaban J connectivity index is 2.21. The number of nitrogens with zero attached hydrogens (tertiary/aromatic N) is 1. The maximum Gasteiger partial charge on any atom is 0.242 e. The first-order valence-corrected chi connectivity index (χ1v) is 8.25. The van der Waals surface area contributed by atoms with Gasteiger partial charge in [0.05, 0.1) is 10.5 Å². The fraction of sp³-hybridized carbons (Fsp3) is 0.467. The minimum atomic E-state index is -3.67. The van der Waals surface area contributed by atoms with E-state index in [1.165, 1.54) is 23.5 Å². The second-order valence-corrected chi connectivity index (χ2v) is 7.23. The number of hydrogen-bond acceptors (Lipinski definition) is 3. The molecule has 0 amide bonds. The third-order valence-corrected chi connectivity index (χ3v) is 5.51. The number of halogens is 1. The van der Waals surface area contributed by atoms with Crippen LogP contribution in [0.15, 0.2) is 23.1 Å². The van der Waals surface area contributed by atoms with E-state index in [9.17, 15) is 12.8 Å². The Morgan fingerprint density at radius 1 is 1.43 bits per heavy atom. The van der Waals surface area contributed by atoms with Gasteiger partial charge in [-0.05, 0) is 37.0 Å². The van der Waals surface area contributed by atoms with Gasteiger partial charge in [0.1, 0.15) is 12.4 Å². The van der Waals surface area contributed by atoms with Gasteiger partial charge >= 0.3 is 0 Å². The smallest absolute Gasteiger partial charge is 0.242 e. The Kier molecular flexibility index (Phi) is 4.99. The predicted octanol–water partition coefficient (Wildman–Crippen LogP) is 1.59. The molecule has 0 aliphatic heterocycles. The Hall–Kier alpha value is -1.42. The van der Waals surface area contributed by atoms with Gasteiger partial charge in [0, 0.05) is 13.6 Å². The van der Waals surface area contributed by atoms with Crippen LogP contribution in [0.5, 0.6) is 0 Å². The maximum absolute atomic E-state index is 13.8. The molecule has 0 radical (unpaired) electrons. The van der Waals surface area contributed by atoms with Gasteiger partial charge in [0.2, 0.25) is 10.0 Å². The monoisotopic (exact) mass is 311 g/mol. The van der Waals surface area contributed by atoms with Crippen molar-refractivity contribution in [1.29, 1.82) is 0 Å². The largest absolute Gasteiger partial charge is 0.384 e. The molecule has 1 aliphatic rings. The van der Waals surface area contributed by atoms with Crippen molar-refractivity contribution in [2.45, 2.75) is 24.2 Å². The van der Waals surface area contributed by atoms with Crippen molar-refractivity contribution in [2.24, 2.45) is 5.92 Å². The third kappa shape index (κ3) is 3.62. The van der Waals surface area contributed by atoms with Gasteiger partial charge in [0.25, 0.3) is 0 Å². The fourth-order valence-electron chi connectivity index (χ4n) is 2.21. The number of aliphatic hydroxyl groups is 1. The van der Waals surface area contributed by atoms with Crippen LogP contribution in [0.3, 0.4) is 0 Å². The van der Waals surface area contributed by atoms with E-state index in [2.05, 4.69) is 11.8 Å². The van der Waals surface area contributed by atoms with Crippen molar-refractivity contribution in [2.75, 3.05) is 20.2 Å². The number of rotatable bonds is 4. The van der Waals surface area contributed by atoms with E-state index in [4.69, 9.17) is 5.11 Å². The van der Waals surface area contributed by atoms with E-state index >= 15 is 0 Å². The summed E-state index contributed by atoms with van der Waals surface area (Å²) in [6.07, 6.45) is 3.24. The van der Waals surface area contributed by atoms with Crippen LogP contribution in [-0.2, 0) is 10.0 Å². The molecule has 0 spiro atoms. The maximum atomic E-state index is 13.8. The lowest BCUT2D eigenvalue weighted by Crippen LogP contribution is -2.34. The summed E-state index contributed by atoms with van der Waals surface area (Å²) in [7, 11) is -2.16. The van der Waals surface area contributed by atoms with Gasteiger partial charge in [-0.1, -0.05) is 18.3 Å². The highest BCUT2D eigenvalue weighted by atomic mass is 32.2. The van der Waals surface area contributed by atoms with E-state index in [-0.39, 0.29) is 17.1 Å². The van der Waals surface area contributed by atoms with Crippen LogP contribution in [-0.4, -0.2) is 38.0 Å². The van der Waals surface area contributed by atoms with Crippen molar-refractivity contribution in [3.05, 3.63) is 29.6 Å².